The van der Waals surface area contributed by atoms with Gasteiger partial charge in [-0.25, -0.2) is 9.67 Å². The quantitative estimate of drug-likeness (QED) is 0.322. The first-order valence-corrected chi connectivity index (χ1v) is 8.86. The first-order valence-electron chi connectivity index (χ1n) is 8.86. The number of benzene rings is 1. The van der Waals surface area contributed by atoms with Crippen LogP contribution >= 0.6 is 0 Å². The summed E-state index contributed by atoms with van der Waals surface area (Å²) < 4.78 is 1.54. The molecule has 0 radical (unpaired) electrons. The Hall–Kier alpha value is -2.23. The van der Waals surface area contributed by atoms with E-state index in [4.69, 9.17) is 5.73 Å². The van der Waals surface area contributed by atoms with Crippen molar-refractivity contribution in [2.45, 2.75) is 44.6 Å². The highest BCUT2D eigenvalue weighted by Gasteiger charge is 2.25. The molecule has 1 amide bonds. The summed E-state index contributed by atoms with van der Waals surface area (Å²) in [5.74, 6) is -0.333. The van der Waals surface area contributed by atoms with Gasteiger partial charge in [-0.05, 0) is 31.4 Å². The van der Waals surface area contributed by atoms with Gasteiger partial charge in [0, 0.05) is 6.42 Å². The van der Waals surface area contributed by atoms with Crippen molar-refractivity contribution >= 4 is 13.0 Å². The molecule has 0 spiro atoms. The Morgan fingerprint density at radius 3 is 2.69 bits per heavy atom. The lowest BCUT2D eigenvalue weighted by Crippen LogP contribution is -2.47. The number of rotatable bonds is 11. The van der Waals surface area contributed by atoms with Crippen LogP contribution in [0.15, 0.2) is 36.7 Å². The minimum atomic E-state index is -1.61. The van der Waals surface area contributed by atoms with Gasteiger partial charge in [0.2, 0.25) is 5.91 Å². The Kier molecular flexibility index (Phi) is 8.26. The second-order valence-corrected chi connectivity index (χ2v) is 6.19. The lowest BCUT2D eigenvalue weighted by Gasteiger charge is -2.17. The molecule has 1 aromatic heterocycles. The zero-order valence-electron chi connectivity index (χ0n) is 14.8. The lowest BCUT2D eigenvalue weighted by atomic mass is 9.76. The zero-order chi connectivity index (χ0) is 18.8. The van der Waals surface area contributed by atoms with Crippen LogP contribution in [0.5, 0.6) is 0 Å². The van der Waals surface area contributed by atoms with Crippen molar-refractivity contribution in [1.29, 1.82) is 0 Å². The van der Waals surface area contributed by atoms with Gasteiger partial charge in [-0.1, -0.05) is 36.8 Å². The summed E-state index contributed by atoms with van der Waals surface area (Å²) in [5.41, 5.74) is 6.63. The number of nitrogens with zero attached hydrogens (tertiary/aromatic N) is 3. The smallest absolute Gasteiger partial charge is 0.426 e. The Bertz CT molecular complexity index is 665. The van der Waals surface area contributed by atoms with E-state index >= 15 is 0 Å². The Morgan fingerprint density at radius 2 is 2.00 bits per heavy atom. The van der Waals surface area contributed by atoms with Crippen LogP contribution in [0.3, 0.4) is 0 Å². The third-order valence-electron chi connectivity index (χ3n) is 4.14. The molecule has 1 atom stereocenters. The molecule has 1 unspecified atom stereocenters. The molecule has 8 nitrogen and oxygen atoms in total. The number of aromatic nitrogens is 3. The van der Waals surface area contributed by atoms with Gasteiger partial charge < -0.3 is 21.1 Å². The Labute approximate surface area is 153 Å². The third-order valence-corrected chi connectivity index (χ3v) is 4.14. The highest BCUT2D eigenvalue weighted by Crippen LogP contribution is 2.06. The maximum Gasteiger partial charge on any atom is 0.475 e. The fraction of sp³-hybridized carbons (Fsp3) is 0.471. The minimum absolute atomic E-state index is 0.00969. The van der Waals surface area contributed by atoms with E-state index < -0.39 is 13.1 Å². The third kappa shape index (κ3) is 6.59. The van der Waals surface area contributed by atoms with Gasteiger partial charge in [0.15, 0.2) is 0 Å². The van der Waals surface area contributed by atoms with Crippen molar-refractivity contribution < 1.29 is 14.8 Å². The van der Waals surface area contributed by atoms with E-state index in [1.807, 2.05) is 30.3 Å². The largest absolute Gasteiger partial charge is 0.475 e. The molecular formula is C17H26BN5O3. The van der Waals surface area contributed by atoms with Gasteiger partial charge in [-0.15, -0.1) is 0 Å². The molecule has 0 bridgehead atoms. The highest BCUT2D eigenvalue weighted by atomic mass is 16.4. The fourth-order valence-corrected chi connectivity index (χ4v) is 2.71. The predicted octanol–water partition coefficient (Wildman–Crippen LogP) is -0.311. The summed E-state index contributed by atoms with van der Waals surface area (Å²) in [6, 6.07) is 10.0. The summed E-state index contributed by atoms with van der Waals surface area (Å²) >= 11 is 0. The number of carbonyl (C=O) groups excluding carboxylic acids is 1. The van der Waals surface area contributed by atoms with Crippen LogP contribution in [0.25, 0.3) is 0 Å². The number of unbranched alkanes of at least 4 members (excludes halogenated alkanes) is 1. The summed E-state index contributed by atoms with van der Waals surface area (Å²) in [5, 5.41) is 25.6. The van der Waals surface area contributed by atoms with Gasteiger partial charge in [0.05, 0.1) is 5.94 Å². The first-order chi connectivity index (χ1) is 12.6. The monoisotopic (exact) mass is 359 g/mol. The second kappa shape index (κ2) is 10.7. The Balaban J connectivity index is 1.87. The van der Waals surface area contributed by atoms with Gasteiger partial charge in [-0.2, -0.15) is 5.10 Å². The molecule has 1 heterocycles. The maximum absolute atomic E-state index is 12.2. The summed E-state index contributed by atoms with van der Waals surface area (Å²) in [6.07, 6.45) is 4.83. The highest BCUT2D eigenvalue weighted by molar-refractivity contribution is 6.43. The fourth-order valence-electron chi connectivity index (χ4n) is 2.71. The maximum atomic E-state index is 12.2. The number of carbonyl (C=O) groups is 1. The van der Waals surface area contributed by atoms with Crippen LogP contribution in [-0.2, 0) is 24.2 Å². The van der Waals surface area contributed by atoms with E-state index in [-0.39, 0.29) is 12.5 Å². The van der Waals surface area contributed by atoms with Gasteiger partial charge in [-0.3, -0.25) is 4.79 Å². The molecule has 140 valence electrons. The molecule has 0 aliphatic carbocycles. The van der Waals surface area contributed by atoms with E-state index in [0.29, 0.717) is 31.6 Å². The van der Waals surface area contributed by atoms with E-state index in [9.17, 15) is 14.8 Å². The molecule has 2 aromatic rings. The Morgan fingerprint density at radius 1 is 1.23 bits per heavy atom. The first kappa shape index (κ1) is 20.1. The lowest BCUT2D eigenvalue weighted by molar-refractivity contribution is -0.122. The molecule has 0 saturated heterocycles. The van der Waals surface area contributed by atoms with Crippen molar-refractivity contribution in [3.8, 4) is 0 Å². The van der Waals surface area contributed by atoms with Gasteiger partial charge in [0.1, 0.15) is 18.7 Å². The standard InChI is InChI=1S/C17H26BN5O3/c19-11-5-4-8-15(18(25)26)22-17(24)12-23-16(20-13-21-23)10-9-14-6-2-1-3-7-14/h1-3,6-7,13,15,25-26H,4-5,8-12,19H2,(H,22,24). The van der Waals surface area contributed by atoms with E-state index in [2.05, 4.69) is 15.4 Å². The topological polar surface area (TPSA) is 126 Å². The number of nitrogens with two attached hydrogens (primary N) is 1. The second-order valence-electron chi connectivity index (χ2n) is 6.19. The van der Waals surface area contributed by atoms with Crippen molar-refractivity contribution in [2.24, 2.45) is 5.73 Å². The van der Waals surface area contributed by atoms with Gasteiger partial charge >= 0.3 is 7.12 Å². The molecule has 0 saturated carbocycles. The van der Waals surface area contributed by atoms with Crippen molar-refractivity contribution in [1.82, 2.24) is 20.1 Å². The summed E-state index contributed by atoms with van der Waals surface area (Å²) in [7, 11) is -1.61. The van der Waals surface area contributed by atoms with Crippen molar-refractivity contribution in [3.05, 3.63) is 48.0 Å². The average Bonchev–Trinajstić information content (AvgIpc) is 3.07. The van der Waals surface area contributed by atoms with Crippen LogP contribution < -0.4 is 11.1 Å². The zero-order valence-corrected chi connectivity index (χ0v) is 14.8. The van der Waals surface area contributed by atoms with Crippen LogP contribution in [0.4, 0.5) is 0 Å². The van der Waals surface area contributed by atoms with Gasteiger partial charge in [0.25, 0.3) is 0 Å². The molecule has 0 aliphatic rings. The molecule has 5 N–H and O–H groups in total. The molecule has 0 aliphatic heterocycles. The molecule has 1 aromatic carbocycles. The molecular weight excluding hydrogens is 333 g/mol. The molecule has 9 heteroatoms. The summed E-state index contributed by atoms with van der Waals surface area (Å²) in [6.45, 7) is 0.524. The summed E-state index contributed by atoms with van der Waals surface area (Å²) in [4.78, 5) is 16.5. The number of nitrogens with one attached hydrogen (secondary N) is 1. The van der Waals surface area contributed by atoms with Crippen LogP contribution in [0, 0.1) is 0 Å². The van der Waals surface area contributed by atoms with E-state index in [1.54, 1.807) is 4.68 Å². The van der Waals surface area contributed by atoms with Crippen molar-refractivity contribution in [2.75, 3.05) is 6.54 Å². The van der Waals surface area contributed by atoms with Crippen molar-refractivity contribution in [3.63, 3.8) is 0 Å². The number of hydrogen-bond donors (Lipinski definition) is 4. The molecule has 0 fully saturated rings. The van der Waals surface area contributed by atoms with E-state index in [1.165, 1.54) is 11.9 Å². The normalized spacial score (nSPS) is 12.0. The van der Waals surface area contributed by atoms with E-state index in [0.717, 1.165) is 12.8 Å². The predicted molar refractivity (Wildman–Crippen MR) is 98.9 cm³/mol. The minimum Gasteiger partial charge on any atom is -0.426 e. The molecule has 2 rings (SSSR count). The van der Waals surface area contributed by atoms with Crippen LogP contribution in [-0.4, -0.2) is 50.3 Å². The van der Waals surface area contributed by atoms with Crippen LogP contribution in [0.1, 0.15) is 30.7 Å². The SMILES string of the molecule is NCCCCC(NC(=O)Cn1ncnc1CCc1ccccc1)B(O)O. The molecule has 26 heavy (non-hydrogen) atoms. The number of hydrogen-bond acceptors (Lipinski definition) is 6. The number of amides is 1. The average molecular weight is 359 g/mol. The number of aryl methyl sites for hydroxylation is 2. The van der Waals surface area contributed by atoms with Crippen LogP contribution in [0.2, 0.25) is 0 Å².